The van der Waals surface area contributed by atoms with E-state index in [0.717, 1.165) is 5.56 Å². The van der Waals surface area contributed by atoms with Crippen molar-refractivity contribution in [3.63, 3.8) is 0 Å². The van der Waals surface area contributed by atoms with Crippen LogP contribution in [0.3, 0.4) is 0 Å². The first-order valence-corrected chi connectivity index (χ1v) is 15.9. The lowest BCUT2D eigenvalue weighted by atomic mass is 9.95. The predicted octanol–water partition coefficient (Wildman–Crippen LogP) is 6.03. The molecule has 1 atom stereocenters. The van der Waals surface area contributed by atoms with Gasteiger partial charge in [-0.25, -0.2) is 0 Å². The molecule has 0 radical (unpaired) electrons. The van der Waals surface area contributed by atoms with Crippen LogP contribution in [0.25, 0.3) is 5.76 Å². The zero-order valence-corrected chi connectivity index (χ0v) is 25.7. The van der Waals surface area contributed by atoms with Gasteiger partial charge in [0.2, 0.25) is 5.13 Å². The molecule has 1 N–H and O–H groups in total. The normalized spacial score (nSPS) is 17.1. The first-order chi connectivity index (χ1) is 21.5. The van der Waals surface area contributed by atoms with Gasteiger partial charge in [-0.15, -0.1) is 10.2 Å². The predicted molar refractivity (Wildman–Crippen MR) is 167 cm³/mol. The van der Waals surface area contributed by atoms with Gasteiger partial charge in [0.25, 0.3) is 5.78 Å². The van der Waals surface area contributed by atoms with Crippen LogP contribution < -0.4 is 23.8 Å². The first-order valence-electron chi connectivity index (χ1n) is 14.1. The number of aliphatic hydroxyl groups excluding tert-OH is 1. The molecule has 1 aromatic heterocycles. The van der Waals surface area contributed by atoms with E-state index < -0.39 is 17.7 Å². The van der Waals surface area contributed by atoms with Crippen molar-refractivity contribution in [2.45, 2.75) is 30.0 Å². The topological polar surface area (TPSA) is 120 Å². The number of Topliss-reactive ketones (excluding diaryl/α,β-unsaturated/α-hetero) is 1. The lowest BCUT2D eigenvalue weighted by Crippen LogP contribution is -2.29. The fourth-order valence-corrected chi connectivity index (χ4v) is 6.83. The second-order valence-corrected chi connectivity index (χ2v) is 11.9. The minimum atomic E-state index is -1.02. The molecule has 3 aromatic carbocycles. The van der Waals surface area contributed by atoms with Crippen molar-refractivity contribution in [3.05, 3.63) is 89.0 Å². The molecule has 0 saturated carbocycles. The Morgan fingerprint density at radius 3 is 2.48 bits per heavy atom. The minimum absolute atomic E-state index is 0.0908. The van der Waals surface area contributed by atoms with Crippen molar-refractivity contribution in [3.8, 4) is 23.0 Å². The van der Waals surface area contributed by atoms with Crippen LogP contribution in [-0.4, -0.2) is 53.4 Å². The average molecular weight is 632 g/mol. The Kier molecular flexibility index (Phi) is 8.71. The second kappa shape index (κ2) is 13.0. The van der Waals surface area contributed by atoms with Crippen molar-refractivity contribution in [1.82, 2.24) is 10.2 Å². The molecule has 1 fully saturated rings. The molecule has 3 heterocycles. The van der Waals surface area contributed by atoms with E-state index in [4.69, 9.17) is 18.9 Å². The van der Waals surface area contributed by atoms with Gasteiger partial charge in [0.1, 0.15) is 19.0 Å². The van der Waals surface area contributed by atoms with E-state index in [-0.39, 0.29) is 16.5 Å². The Hall–Kier alpha value is -4.55. The summed E-state index contributed by atoms with van der Waals surface area (Å²) in [7, 11) is 0. The standard InChI is InChI=1S/C32H29N3O7S2/c1-3-39-22-12-10-20(16-24(22)40-4-2)27-26(28(36)21-11-13-23-25(17-21)42-15-14-41-23)29(37)30(38)35(27)31-33-34-32(44-31)43-18-19-8-6-5-7-9-19/h5-13,16-17,27,36H,3-4,14-15,18H2,1-2H3/b28-26+/t27-/m1/s1. The van der Waals surface area contributed by atoms with E-state index in [9.17, 15) is 14.7 Å². The number of aliphatic hydroxyl groups is 1. The van der Waals surface area contributed by atoms with Crippen LogP contribution >= 0.6 is 23.1 Å². The molecule has 0 spiro atoms. The molecular formula is C32H29N3O7S2. The maximum absolute atomic E-state index is 13.7. The minimum Gasteiger partial charge on any atom is -0.507 e. The van der Waals surface area contributed by atoms with E-state index in [0.29, 0.717) is 70.6 Å². The highest BCUT2D eigenvalue weighted by molar-refractivity contribution is 8.00. The number of hydrogen-bond donors (Lipinski definition) is 1. The number of benzene rings is 3. The number of anilines is 1. The number of fused-ring (bicyclic) bond motifs is 1. The van der Waals surface area contributed by atoms with Gasteiger partial charge in [-0.1, -0.05) is 59.5 Å². The molecule has 10 nitrogen and oxygen atoms in total. The van der Waals surface area contributed by atoms with Gasteiger partial charge in [-0.2, -0.15) is 0 Å². The maximum atomic E-state index is 13.7. The van der Waals surface area contributed by atoms with E-state index >= 15 is 0 Å². The van der Waals surface area contributed by atoms with Crippen molar-refractivity contribution in [2.24, 2.45) is 0 Å². The lowest BCUT2D eigenvalue weighted by Gasteiger charge is -2.24. The summed E-state index contributed by atoms with van der Waals surface area (Å²) in [6.45, 7) is 5.29. The summed E-state index contributed by atoms with van der Waals surface area (Å²) < 4.78 is 23.5. The molecule has 0 bridgehead atoms. The Morgan fingerprint density at radius 1 is 0.955 bits per heavy atom. The largest absolute Gasteiger partial charge is 0.507 e. The number of amides is 1. The van der Waals surface area contributed by atoms with Crippen LogP contribution in [0.2, 0.25) is 0 Å². The summed E-state index contributed by atoms with van der Waals surface area (Å²) in [5.74, 6) is 0.605. The number of rotatable bonds is 10. The molecule has 226 valence electrons. The van der Waals surface area contributed by atoms with Gasteiger partial charge in [0, 0.05) is 11.3 Å². The third kappa shape index (κ3) is 5.82. The molecule has 1 saturated heterocycles. The van der Waals surface area contributed by atoms with Crippen molar-refractivity contribution < 1.29 is 33.6 Å². The van der Waals surface area contributed by atoms with E-state index in [1.807, 2.05) is 44.2 Å². The summed E-state index contributed by atoms with van der Waals surface area (Å²) in [5.41, 5.74) is 1.87. The fraction of sp³-hybridized carbons (Fsp3) is 0.250. The molecule has 0 unspecified atom stereocenters. The third-order valence-corrected chi connectivity index (χ3v) is 9.08. The molecular weight excluding hydrogens is 603 g/mol. The maximum Gasteiger partial charge on any atom is 0.301 e. The zero-order chi connectivity index (χ0) is 30.6. The molecule has 2 aliphatic heterocycles. The van der Waals surface area contributed by atoms with Crippen LogP contribution in [0.1, 0.15) is 36.6 Å². The second-order valence-electron chi connectivity index (χ2n) is 9.72. The van der Waals surface area contributed by atoms with Crippen molar-refractivity contribution >= 4 is 45.7 Å². The number of thioether (sulfide) groups is 1. The Bertz CT molecular complexity index is 1720. The molecule has 1 amide bonds. The molecule has 44 heavy (non-hydrogen) atoms. The van der Waals surface area contributed by atoms with Crippen LogP contribution in [0, 0.1) is 0 Å². The average Bonchev–Trinajstić information content (AvgIpc) is 3.62. The van der Waals surface area contributed by atoms with Crippen molar-refractivity contribution in [1.29, 1.82) is 0 Å². The highest BCUT2D eigenvalue weighted by Crippen LogP contribution is 2.46. The van der Waals surface area contributed by atoms with Crippen LogP contribution in [0.4, 0.5) is 5.13 Å². The molecule has 6 rings (SSSR count). The monoisotopic (exact) mass is 631 g/mol. The van der Waals surface area contributed by atoms with Gasteiger partial charge < -0.3 is 24.1 Å². The summed E-state index contributed by atoms with van der Waals surface area (Å²) in [6.07, 6.45) is 0. The summed E-state index contributed by atoms with van der Waals surface area (Å²) >= 11 is 2.69. The van der Waals surface area contributed by atoms with Crippen molar-refractivity contribution in [2.75, 3.05) is 31.3 Å². The van der Waals surface area contributed by atoms with Gasteiger partial charge in [-0.3, -0.25) is 14.5 Å². The number of aromatic nitrogens is 2. The SMILES string of the molecule is CCOc1ccc([C@@H]2/C(=C(\O)c3ccc4c(c3)OCCO4)C(=O)C(=O)N2c2nnc(SCc3ccccc3)s2)cc1OCC. The van der Waals surface area contributed by atoms with Crippen LogP contribution in [0.15, 0.2) is 76.6 Å². The zero-order valence-electron chi connectivity index (χ0n) is 24.0. The third-order valence-electron chi connectivity index (χ3n) is 6.95. The Morgan fingerprint density at radius 2 is 1.70 bits per heavy atom. The van der Waals surface area contributed by atoms with E-state index in [2.05, 4.69) is 10.2 Å². The number of hydrogen-bond acceptors (Lipinski definition) is 11. The fourth-order valence-electron chi connectivity index (χ4n) is 5.01. The van der Waals surface area contributed by atoms with Gasteiger partial charge in [-0.05, 0) is 55.3 Å². The molecule has 2 aliphatic rings. The number of ketones is 1. The molecule has 0 aliphatic carbocycles. The number of ether oxygens (including phenoxy) is 4. The number of nitrogens with zero attached hydrogens (tertiary/aromatic N) is 3. The number of carbonyl (C=O) groups is 2. The Labute approximate surface area is 262 Å². The summed E-state index contributed by atoms with van der Waals surface area (Å²) in [5, 5.41) is 20.5. The quantitative estimate of drug-likeness (QED) is 0.0731. The lowest BCUT2D eigenvalue weighted by molar-refractivity contribution is -0.132. The van der Waals surface area contributed by atoms with E-state index in [1.54, 1.807) is 36.4 Å². The van der Waals surface area contributed by atoms with Crippen LogP contribution in [0.5, 0.6) is 23.0 Å². The van der Waals surface area contributed by atoms with Gasteiger partial charge in [0.15, 0.2) is 27.3 Å². The molecule has 4 aromatic rings. The summed E-state index contributed by atoms with van der Waals surface area (Å²) in [4.78, 5) is 28.7. The van der Waals surface area contributed by atoms with E-state index in [1.165, 1.54) is 28.0 Å². The smallest absolute Gasteiger partial charge is 0.301 e. The highest BCUT2D eigenvalue weighted by Gasteiger charge is 2.48. The first kappa shape index (κ1) is 29.5. The molecule has 12 heteroatoms. The van der Waals surface area contributed by atoms with Gasteiger partial charge >= 0.3 is 5.91 Å². The summed E-state index contributed by atoms with van der Waals surface area (Å²) in [6, 6.07) is 19.0. The Balaban J connectivity index is 1.44. The van der Waals surface area contributed by atoms with Gasteiger partial charge in [0.05, 0.1) is 24.8 Å². The number of carbonyl (C=O) groups excluding carboxylic acids is 2. The van der Waals surface area contributed by atoms with Crippen LogP contribution in [-0.2, 0) is 15.3 Å². The highest BCUT2D eigenvalue weighted by atomic mass is 32.2.